The first-order valence-electron chi connectivity index (χ1n) is 15.2. The van der Waals surface area contributed by atoms with E-state index >= 15 is 0 Å². The van der Waals surface area contributed by atoms with Crippen LogP contribution >= 0.6 is 11.6 Å². The Kier molecular flexibility index (Phi) is 9.39. The number of rotatable bonds is 12. The molecule has 6 rings (SSSR count). The van der Waals surface area contributed by atoms with Crippen molar-refractivity contribution in [1.29, 1.82) is 0 Å². The molecule has 0 bridgehead atoms. The summed E-state index contributed by atoms with van der Waals surface area (Å²) < 4.78 is 7.14. The van der Waals surface area contributed by atoms with Gasteiger partial charge in [-0.05, 0) is 49.6 Å². The molecule has 3 aromatic heterocycles. The number of amides is 2. The fraction of sp³-hybridized carbons (Fsp3) is 0.364. The molecule has 12 heteroatoms. The van der Waals surface area contributed by atoms with Gasteiger partial charge in [0.05, 0.1) is 17.8 Å². The molecule has 0 saturated carbocycles. The molecule has 0 radical (unpaired) electrons. The maximum absolute atomic E-state index is 13.2. The number of pyridine rings is 2. The van der Waals surface area contributed by atoms with Gasteiger partial charge < -0.3 is 26.0 Å². The lowest BCUT2D eigenvalue weighted by Gasteiger charge is -2.15. The average Bonchev–Trinajstić information content (AvgIpc) is 3.67. The largest absolute Gasteiger partial charge is 0.481 e. The summed E-state index contributed by atoms with van der Waals surface area (Å²) in [5, 5.41) is 13.1. The van der Waals surface area contributed by atoms with E-state index in [0.29, 0.717) is 66.8 Å². The third-order valence-corrected chi connectivity index (χ3v) is 8.77. The maximum atomic E-state index is 13.2. The van der Waals surface area contributed by atoms with Crippen LogP contribution in [0.15, 0.2) is 59.7 Å². The standard InChI is InChI=1S/C33H36ClN7O4/c1-45-32-21(16-36-19-24-7-10-30(43)39-24)5-8-27(40-32)26-4-2-3-25(31(26)34)20-12-14-41-28(15-20)37-18-22(33(41)44)17-35-13-11-23-6-9-29(42)38-23/h2-5,8,12,14-15,18,23-24,35-36H,6-7,9-11,13,16-17,19H2,1H3,(H,38,42)(H,39,43)/t23-,24-/m0/s1. The van der Waals surface area contributed by atoms with Gasteiger partial charge in [-0.3, -0.25) is 18.8 Å². The van der Waals surface area contributed by atoms with Crippen molar-refractivity contribution in [3.05, 3.63) is 81.4 Å². The summed E-state index contributed by atoms with van der Waals surface area (Å²) in [5.74, 6) is 0.704. The molecular formula is C33H36ClN7O4. The fourth-order valence-electron chi connectivity index (χ4n) is 5.89. The molecule has 0 spiro atoms. The molecule has 2 fully saturated rings. The lowest BCUT2D eigenvalue weighted by Crippen LogP contribution is -2.35. The molecular weight excluding hydrogens is 594 g/mol. The molecule has 2 atom stereocenters. The number of hydrogen-bond acceptors (Lipinski definition) is 8. The van der Waals surface area contributed by atoms with Crippen molar-refractivity contribution >= 4 is 29.1 Å². The number of halogens is 1. The SMILES string of the molecule is COc1nc(-c2cccc(-c3ccn4c(=O)c(CNCC[C@@H]5CCC(=O)N5)cnc4c3)c2Cl)ccc1CNC[C@@H]1CCC(=O)N1. The highest BCUT2D eigenvalue weighted by Crippen LogP contribution is 2.37. The zero-order valence-electron chi connectivity index (χ0n) is 25.1. The van der Waals surface area contributed by atoms with Crippen molar-refractivity contribution in [3.63, 3.8) is 0 Å². The maximum Gasteiger partial charge on any atom is 0.262 e. The number of hydrogen-bond donors (Lipinski definition) is 4. The summed E-state index contributed by atoms with van der Waals surface area (Å²) in [6.45, 7) is 2.33. The quantitative estimate of drug-likeness (QED) is 0.175. The number of benzene rings is 1. The lowest BCUT2D eigenvalue weighted by atomic mass is 10.0. The van der Waals surface area contributed by atoms with Gasteiger partial charge in [-0.2, -0.15) is 0 Å². The fourth-order valence-corrected chi connectivity index (χ4v) is 6.22. The van der Waals surface area contributed by atoms with Gasteiger partial charge in [0.15, 0.2) is 0 Å². The first-order valence-corrected chi connectivity index (χ1v) is 15.6. The average molecular weight is 630 g/mol. The Morgan fingerprint density at radius 3 is 2.47 bits per heavy atom. The van der Waals surface area contributed by atoms with Crippen molar-refractivity contribution in [2.45, 2.75) is 57.3 Å². The second-order valence-electron chi connectivity index (χ2n) is 11.5. The molecule has 45 heavy (non-hydrogen) atoms. The van der Waals surface area contributed by atoms with Crippen molar-refractivity contribution in [3.8, 4) is 28.3 Å². The first-order chi connectivity index (χ1) is 21.9. The van der Waals surface area contributed by atoms with E-state index in [-0.39, 0.29) is 29.5 Å². The van der Waals surface area contributed by atoms with Crippen LogP contribution in [0.1, 0.15) is 43.2 Å². The second kappa shape index (κ2) is 13.8. The Balaban J connectivity index is 1.15. The van der Waals surface area contributed by atoms with Gasteiger partial charge in [0.2, 0.25) is 17.7 Å². The summed E-state index contributed by atoms with van der Waals surface area (Å²) in [5.41, 5.74) is 4.90. The van der Waals surface area contributed by atoms with Gasteiger partial charge in [-0.15, -0.1) is 0 Å². The number of carbonyl (C=O) groups is 2. The molecule has 2 aliphatic heterocycles. The number of carbonyl (C=O) groups excluding carboxylic acids is 2. The zero-order valence-corrected chi connectivity index (χ0v) is 25.8. The van der Waals surface area contributed by atoms with Crippen LogP contribution in [-0.2, 0) is 22.7 Å². The van der Waals surface area contributed by atoms with Gasteiger partial charge >= 0.3 is 0 Å². The smallest absolute Gasteiger partial charge is 0.262 e. The molecule has 11 nitrogen and oxygen atoms in total. The Morgan fingerprint density at radius 2 is 1.71 bits per heavy atom. The number of fused-ring (bicyclic) bond motifs is 1. The van der Waals surface area contributed by atoms with Crippen LogP contribution in [0.2, 0.25) is 5.02 Å². The highest BCUT2D eigenvalue weighted by molar-refractivity contribution is 6.36. The monoisotopic (exact) mass is 629 g/mol. The topological polar surface area (TPSA) is 139 Å². The molecule has 4 N–H and O–H groups in total. The number of nitrogens with zero attached hydrogens (tertiary/aromatic N) is 3. The highest BCUT2D eigenvalue weighted by atomic mass is 35.5. The highest BCUT2D eigenvalue weighted by Gasteiger charge is 2.21. The summed E-state index contributed by atoms with van der Waals surface area (Å²) in [6.07, 6.45) is 7.00. The van der Waals surface area contributed by atoms with E-state index in [1.165, 1.54) is 4.40 Å². The zero-order chi connectivity index (χ0) is 31.3. The molecule has 0 unspecified atom stereocenters. The molecule has 2 aliphatic rings. The molecule has 2 saturated heterocycles. The number of aromatic nitrogens is 3. The third kappa shape index (κ3) is 7.00. The van der Waals surface area contributed by atoms with E-state index in [9.17, 15) is 14.4 Å². The van der Waals surface area contributed by atoms with Crippen molar-refractivity contribution in [2.75, 3.05) is 20.2 Å². The van der Waals surface area contributed by atoms with E-state index < -0.39 is 0 Å². The van der Waals surface area contributed by atoms with Gasteiger partial charge in [-0.1, -0.05) is 35.9 Å². The predicted octanol–water partition coefficient (Wildman–Crippen LogP) is 3.21. The van der Waals surface area contributed by atoms with Crippen LogP contribution in [-0.4, -0.2) is 58.5 Å². The van der Waals surface area contributed by atoms with Crippen LogP contribution < -0.4 is 31.6 Å². The van der Waals surface area contributed by atoms with Crippen molar-refractivity contribution in [1.82, 2.24) is 35.6 Å². The third-order valence-electron chi connectivity index (χ3n) is 8.36. The first kappa shape index (κ1) is 30.7. The van der Waals surface area contributed by atoms with Gasteiger partial charge in [-0.25, -0.2) is 9.97 Å². The minimum atomic E-state index is -0.132. The molecule has 4 aromatic rings. The van der Waals surface area contributed by atoms with E-state index in [0.717, 1.165) is 41.5 Å². The van der Waals surface area contributed by atoms with Gasteiger partial charge in [0.25, 0.3) is 5.56 Å². The summed E-state index contributed by atoms with van der Waals surface area (Å²) in [6, 6.07) is 13.7. The molecule has 2 amide bonds. The summed E-state index contributed by atoms with van der Waals surface area (Å²) >= 11 is 6.97. The van der Waals surface area contributed by atoms with Crippen molar-refractivity contribution < 1.29 is 14.3 Å². The lowest BCUT2D eigenvalue weighted by molar-refractivity contribution is -0.120. The second-order valence-corrected chi connectivity index (χ2v) is 11.8. The van der Waals surface area contributed by atoms with Crippen LogP contribution in [0.5, 0.6) is 5.88 Å². The van der Waals surface area contributed by atoms with Crippen LogP contribution in [0, 0.1) is 0 Å². The number of ether oxygens (including phenoxy) is 1. The van der Waals surface area contributed by atoms with Crippen molar-refractivity contribution in [2.24, 2.45) is 0 Å². The van der Waals surface area contributed by atoms with E-state index in [1.54, 1.807) is 19.5 Å². The van der Waals surface area contributed by atoms with Crippen LogP contribution in [0.25, 0.3) is 28.0 Å². The number of nitrogens with one attached hydrogen (secondary N) is 4. The molecule has 1 aromatic carbocycles. The minimum Gasteiger partial charge on any atom is -0.481 e. The Hall–Kier alpha value is -4.32. The Morgan fingerprint density at radius 1 is 0.956 bits per heavy atom. The van der Waals surface area contributed by atoms with E-state index in [1.807, 2.05) is 42.5 Å². The van der Waals surface area contributed by atoms with E-state index in [2.05, 4.69) is 26.3 Å². The van der Waals surface area contributed by atoms with Crippen LogP contribution in [0.4, 0.5) is 0 Å². The molecule has 0 aliphatic carbocycles. The molecule has 234 valence electrons. The van der Waals surface area contributed by atoms with Crippen LogP contribution in [0.3, 0.4) is 0 Å². The normalized spacial score (nSPS) is 17.9. The van der Waals surface area contributed by atoms with Gasteiger partial charge in [0, 0.05) is 79.2 Å². The summed E-state index contributed by atoms with van der Waals surface area (Å²) in [4.78, 5) is 45.3. The Bertz CT molecular complexity index is 1790. The predicted molar refractivity (Wildman–Crippen MR) is 172 cm³/mol. The Labute approximate surface area is 265 Å². The van der Waals surface area contributed by atoms with E-state index in [4.69, 9.17) is 21.3 Å². The summed E-state index contributed by atoms with van der Waals surface area (Å²) in [7, 11) is 1.59. The minimum absolute atomic E-state index is 0.0975. The van der Waals surface area contributed by atoms with Gasteiger partial charge in [0.1, 0.15) is 5.65 Å². The molecule has 5 heterocycles. The number of methoxy groups -OCH3 is 1.